The van der Waals surface area contributed by atoms with Crippen LogP contribution in [0.15, 0.2) is 33.7 Å². The zero-order valence-electron chi connectivity index (χ0n) is 26.9. The lowest BCUT2D eigenvalue weighted by atomic mass is 9.84. The number of aliphatic carboxylic acids is 1. The normalized spacial score (nSPS) is 25.3. The number of hydrogen-bond donors (Lipinski definition) is 6. The fraction of sp³-hybridized carbons (Fsp3) is 0.517. The lowest BCUT2D eigenvalue weighted by Crippen LogP contribution is -2.76. The van der Waals surface area contributed by atoms with Gasteiger partial charge in [-0.05, 0) is 83.1 Å². The van der Waals surface area contributed by atoms with Crippen LogP contribution >= 0.6 is 11.3 Å². The maximum absolute atomic E-state index is 13.5. The number of amidine groups is 1. The average molecular weight is 723 g/mol. The van der Waals surface area contributed by atoms with Gasteiger partial charge in [0.25, 0.3) is 17.4 Å². The smallest absolute Gasteiger partial charge is 0.418 e. The highest BCUT2D eigenvalue weighted by atomic mass is 32.3. The number of oxime groups is 1. The van der Waals surface area contributed by atoms with Crippen molar-refractivity contribution in [3.8, 4) is 5.75 Å². The van der Waals surface area contributed by atoms with Crippen molar-refractivity contribution < 1.29 is 46.3 Å². The monoisotopic (exact) mass is 722 g/mol. The Hall–Kier alpha value is -4.37. The van der Waals surface area contributed by atoms with Crippen LogP contribution in [0.2, 0.25) is 0 Å². The number of rotatable bonds is 11. The van der Waals surface area contributed by atoms with Gasteiger partial charge in [-0.1, -0.05) is 5.16 Å². The van der Waals surface area contributed by atoms with Crippen molar-refractivity contribution in [1.29, 1.82) is 0 Å². The molecule has 2 fully saturated rings. The largest absolute Gasteiger partial charge is 0.485 e. The number of ether oxygens (including phenoxy) is 1. The first kappa shape index (κ1) is 35.9. The lowest BCUT2D eigenvalue weighted by Gasteiger charge is -2.50. The number of hydrogen-bond acceptors (Lipinski definition) is 14. The fourth-order valence-corrected chi connectivity index (χ4v) is 6.92. The summed E-state index contributed by atoms with van der Waals surface area (Å²) in [4.78, 5) is 53.0. The number of β-lactam (4-membered cyclic amide) rings is 1. The molecule has 2 aromatic rings. The number of carbonyl (C=O) groups is 3. The number of nitrogens with two attached hydrogens (primary N) is 3. The molecule has 266 valence electrons. The third-order valence-corrected chi connectivity index (χ3v) is 9.79. The van der Waals surface area contributed by atoms with Gasteiger partial charge in [0.2, 0.25) is 0 Å². The van der Waals surface area contributed by atoms with E-state index in [1.165, 1.54) is 26.2 Å². The second kappa shape index (κ2) is 13.5. The maximum Gasteiger partial charge on any atom is 0.418 e. The summed E-state index contributed by atoms with van der Waals surface area (Å²) in [5.74, 6) is -2.65. The van der Waals surface area contributed by atoms with Gasteiger partial charge in [-0.15, -0.1) is 15.6 Å². The molecule has 3 aliphatic rings. The predicted octanol–water partition coefficient (Wildman–Crippen LogP) is 0.498. The third-order valence-electron chi connectivity index (χ3n) is 8.78. The predicted molar refractivity (Wildman–Crippen MR) is 176 cm³/mol. The van der Waals surface area contributed by atoms with Crippen molar-refractivity contribution in [2.45, 2.75) is 94.7 Å². The molecule has 5 rings (SSSR count). The van der Waals surface area contributed by atoms with Gasteiger partial charge in [0, 0.05) is 17.0 Å². The molecule has 0 bridgehead atoms. The van der Waals surface area contributed by atoms with E-state index in [9.17, 15) is 27.9 Å². The van der Waals surface area contributed by atoms with E-state index in [1.54, 1.807) is 12.1 Å². The van der Waals surface area contributed by atoms with Crippen LogP contribution in [0, 0.1) is 0 Å². The second-order valence-corrected chi connectivity index (χ2v) is 14.7. The zero-order valence-corrected chi connectivity index (χ0v) is 28.5. The molecule has 1 saturated heterocycles. The van der Waals surface area contributed by atoms with Crippen molar-refractivity contribution in [1.82, 2.24) is 15.4 Å². The van der Waals surface area contributed by atoms with Crippen molar-refractivity contribution in [3.63, 3.8) is 0 Å². The second-order valence-electron chi connectivity index (χ2n) is 12.8. The number of amides is 2. The van der Waals surface area contributed by atoms with E-state index in [4.69, 9.17) is 31.3 Å². The van der Waals surface area contributed by atoms with E-state index in [0.29, 0.717) is 28.6 Å². The Morgan fingerprint density at radius 2 is 2.00 bits per heavy atom. The molecular weight excluding hydrogens is 684 g/mol. The van der Waals surface area contributed by atoms with Gasteiger partial charge in [0.15, 0.2) is 16.9 Å². The summed E-state index contributed by atoms with van der Waals surface area (Å²) in [6, 6.07) is 4.09. The highest BCUT2D eigenvalue weighted by Gasteiger charge is 2.58. The van der Waals surface area contributed by atoms with Crippen LogP contribution in [-0.2, 0) is 40.3 Å². The van der Waals surface area contributed by atoms with Crippen LogP contribution in [0.5, 0.6) is 5.75 Å². The molecule has 18 nitrogen and oxygen atoms in total. The molecule has 49 heavy (non-hydrogen) atoms. The molecule has 0 spiro atoms. The van der Waals surface area contributed by atoms with Gasteiger partial charge >= 0.3 is 16.4 Å². The molecule has 5 atom stereocenters. The SMILES string of the molecule is CC(O/N=C(\C(=O)N[C@@H]1C(=O)N(OS(=O)(=O)O)C1(C)C)c1csc(N)n1)(C(=O)O)[C@H]1CCc2cc(C(N)=N[C@H]3CCC[C@H](N)C3)ccc2O1. The zero-order chi connectivity index (χ0) is 35.9. The number of benzene rings is 1. The minimum Gasteiger partial charge on any atom is -0.485 e. The summed E-state index contributed by atoms with van der Waals surface area (Å²) in [6.07, 6.45) is 3.19. The summed E-state index contributed by atoms with van der Waals surface area (Å²) in [5.41, 5.74) is 15.5. The van der Waals surface area contributed by atoms with Crippen LogP contribution in [-0.4, -0.2) is 92.8 Å². The topological polar surface area (TPSA) is 284 Å². The molecule has 3 heterocycles. The Kier molecular flexibility index (Phi) is 9.90. The van der Waals surface area contributed by atoms with Crippen LogP contribution in [0.4, 0.5) is 5.13 Å². The molecular formula is C29H38N8O10S2. The first-order chi connectivity index (χ1) is 22.9. The Bertz CT molecular complexity index is 1810. The van der Waals surface area contributed by atoms with Crippen molar-refractivity contribution in [2.75, 3.05) is 5.73 Å². The molecule has 20 heteroatoms. The van der Waals surface area contributed by atoms with Gasteiger partial charge in [0.1, 0.15) is 23.3 Å². The number of anilines is 1. The number of nitrogen functional groups attached to an aromatic ring is 1. The summed E-state index contributed by atoms with van der Waals surface area (Å²) in [7, 11) is -5.03. The Balaban J connectivity index is 1.34. The van der Waals surface area contributed by atoms with Crippen LogP contribution in [0.3, 0.4) is 0 Å². The van der Waals surface area contributed by atoms with Gasteiger partial charge in [-0.25, -0.2) is 9.78 Å². The molecule has 2 aliphatic heterocycles. The van der Waals surface area contributed by atoms with E-state index >= 15 is 0 Å². The van der Waals surface area contributed by atoms with Crippen molar-refractivity contribution >= 4 is 56.2 Å². The van der Waals surface area contributed by atoms with E-state index in [-0.39, 0.29) is 29.3 Å². The quantitative estimate of drug-likeness (QED) is 0.0606. The summed E-state index contributed by atoms with van der Waals surface area (Å²) >= 11 is 0.965. The number of aromatic nitrogens is 1. The molecule has 1 aromatic carbocycles. The molecule has 1 aromatic heterocycles. The number of aryl methyl sites for hydroxylation is 1. The average Bonchev–Trinajstić information content (AvgIpc) is 3.46. The Labute approximate surface area is 285 Å². The minimum atomic E-state index is -5.03. The van der Waals surface area contributed by atoms with Gasteiger partial charge in [-0.3, -0.25) is 19.1 Å². The van der Waals surface area contributed by atoms with Crippen molar-refractivity contribution in [3.05, 3.63) is 40.4 Å². The highest BCUT2D eigenvalue weighted by Crippen LogP contribution is 2.35. The molecule has 1 saturated carbocycles. The van der Waals surface area contributed by atoms with Gasteiger partial charge in [0.05, 0.1) is 11.6 Å². The van der Waals surface area contributed by atoms with Gasteiger partial charge in [-0.2, -0.15) is 13.5 Å². The third kappa shape index (κ3) is 7.62. The minimum absolute atomic E-state index is 0.0524. The number of carboxylic acids is 1. The standard InChI is InChI=1S/C29H38N8O10S2/c1-28(2)22(25(39)37(28)47-49(42,43)44)35-24(38)21(18-13-48-27(32)34-18)36-46-29(3,26(40)41)20-10-8-14-11-15(7-9-19(14)45-20)23(31)33-17-6-4-5-16(30)12-17/h7,9,11,13,16-17,20,22H,4-6,8,10,12,30H2,1-3H3,(H2,31,33)(H2,32,34)(H,35,38)(H,40,41)(H,42,43,44)/b36-21-/t16-,17-,20+,22+,29?/m0/s1. The van der Waals surface area contributed by atoms with Crippen LogP contribution in [0.25, 0.3) is 0 Å². The number of aliphatic imine (C=N–C) groups is 1. The number of hydroxylamine groups is 2. The van der Waals surface area contributed by atoms with E-state index < -0.39 is 57.2 Å². The number of nitrogens with zero attached hydrogens (tertiary/aromatic N) is 4. The molecule has 2 amide bonds. The van der Waals surface area contributed by atoms with E-state index in [2.05, 4.69) is 24.7 Å². The van der Waals surface area contributed by atoms with Crippen molar-refractivity contribution in [2.24, 2.45) is 21.6 Å². The molecule has 1 aliphatic carbocycles. The maximum atomic E-state index is 13.5. The van der Waals surface area contributed by atoms with E-state index in [1.807, 2.05) is 6.07 Å². The number of carboxylic acid groups (broad SMARTS) is 1. The number of carbonyl (C=O) groups excluding carboxylic acids is 2. The number of nitrogens with one attached hydrogen (secondary N) is 1. The summed E-state index contributed by atoms with van der Waals surface area (Å²) in [6.45, 7) is 3.99. The molecule has 0 radical (unpaired) electrons. The highest BCUT2D eigenvalue weighted by molar-refractivity contribution is 7.80. The Morgan fingerprint density at radius 1 is 1.27 bits per heavy atom. The van der Waals surface area contributed by atoms with E-state index in [0.717, 1.165) is 42.6 Å². The number of thiazole rings is 1. The van der Waals surface area contributed by atoms with Crippen LogP contribution in [0.1, 0.15) is 69.7 Å². The number of fused-ring (bicyclic) bond motifs is 1. The summed E-state index contributed by atoms with van der Waals surface area (Å²) in [5, 5.41) is 18.4. The first-order valence-electron chi connectivity index (χ1n) is 15.3. The molecule has 1 unspecified atom stereocenters. The lowest BCUT2D eigenvalue weighted by molar-refractivity contribution is -0.218. The summed E-state index contributed by atoms with van der Waals surface area (Å²) < 4.78 is 41.8. The Morgan fingerprint density at radius 3 is 2.61 bits per heavy atom. The fourth-order valence-electron chi connectivity index (χ4n) is 5.92. The molecule has 9 N–H and O–H groups in total. The first-order valence-corrected chi connectivity index (χ1v) is 17.5. The van der Waals surface area contributed by atoms with Crippen LogP contribution < -0.4 is 27.3 Å². The van der Waals surface area contributed by atoms with Gasteiger partial charge < -0.3 is 37.2 Å².